The van der Waals surface area contributed by atoms with Crippen molar-refractivity contribution in [2.45, 2.75) is 67.2 Å². The summed E-state index contributed by atoms with van der Waals surface area (Å²) in [5, 5.41) is 12.4. The van der Waals surface area contributed by atoms with Crippen molar-refractivity contribution >= 4 is 5.97 Å². The minimum absolute atomic E-state index is 0.119. The molecule has 0 aliphatic rings. The van der Waals surface area contributed by atoms with Crippen LogP contribution in [0.15, 0.2) is 97.1 Å². The quantitative estimate of drug-likeness (QED) is 0.0566. The molecule has 3 N–H and O–H groups in total. The number of carbonyl (C=O) groups excluding carboxylic acids is 1. The maximum atomic E-state index is 13.0. The molecule has 0 radical (unpaired) electrons. The van der Waals surface area contributed by atoms with Gasteiger partial charge in [0.2, 0.25) is 0 Å². The van der Waals surface area contributed by atoms with Crippen molar-refractivity contribution in [3.05, 3.63) is 125 Å². The lowest BCUT2D eigenvalue weighted by Gasteiger charge is -2.20. The average Bonchev–Trinajstić information content (AvgIpc) is 3.70. The van der Waals surface area contributed by atoms with Crippen LogP contribution < -0.4 is 20.5 Å². The number of benzene rings is 4. The molecule has 4 aromatic carbocycles. The largest absolute Gasteiger partial charge is 0.488 e. The monoisotopic (exact) mass is 777 g/mol. The smallest absolute Gasteiger partial charge is 0.360 e. The number of rotatable bonds is 21. The highest BCUT2D eigenvalue weighted by Crippen LogP contribution is 2.39. The van der Waals surface area contributed by atoms with E-state index in [2.05, 4.69) is 79.1 Å². The van der Waals surface area contributed by atoms with Gasteiger partial charge >= 0.3 is 5.97 Å². The number of aromatic nitrogens is 3. The van der Waals surface area contributed by atoms with E-state index in [1.54, 1.807) is 4.68 Å². The van der Waals surface area contributed by atoms with Crippen molar-refractivity contribution in [2.24, 2.45) is 5.73 Å². The Labute approximate surface area is 340 Å². The van der Waals surface area contributed by atoms with Gasteiger partial charge in [0, 0.05) is 44.4 Å². The van der Waals surface area contributed by atoms with Crippen LogP contribution >= 0.6 is 0 Å². The molecule has 0 fully saturated rings. The number of likely N-dealkylation sites (N-methyl/N-ethyl adjacent to an activating group) is 2. The molecule has 5 rings (SSSR count). The van der Waals surface area contributed by atoms with Gasteiger partial charge in [0.05, 0.1) is 7.11 Å². The molecule has 5 aromatic rings. The molecule has 11 heteroatoms. The predicted molar refractivity (Wildman–Crippen MR) is 230 cm³/mol. The molecule has 0 aliphatic heterocycles. The third-order valence-corrected chi connectivity index (χ3v) is 9.86. The van der Waals surface area contributed by atoms with Gasteiger partial charge in [0.1, 0.15) is 36.1 Å². The van der Waals surface area contributed by atoms with Crippen molar-refractivity contribution in [1.29, 1.82) is 0 Å². The second-order valence-electron chi connectivity index (χ2n) is 14.0. The minimum Gasteiger partial charge on any atom is -0.488 e. The normalized spacial score (nSPS) is 11.1. The number of nitrogens with one attached hydrogen (secondary N) is 1. The highest BCUT2D eigenvalue weighted by molar-refractivity contribution is 5.94. The van der Waals surface area contributed by atoms with Crippen LogP contribution in [0.3, 0.4) is 0 Å². The Balaban J connectivity index is 0.000000812. The van der Waals surface area contributed by atoms with Crippen molar-refractivity contribution in [3.8, 4) is 28.4 Å². The maximum absolute atomic E-state index is 13.0. The number of esters is 1. The molecular formula is C46H63N7O4. The Morgan fingerprint density at radius 3 is 1.82 bits per heavy atom. The van der Waals surface area contributed by atoms with Crippen LogP contribution in [0.1, 0.15) is 80.2 Å². The predicted octanol–water partition coefficient (Wildman–Crippen LogP) is 7.72. The summed E-state index contributed by atoms with van der Waals surface area (Å²) in [4.78, 5) is 17.7. The lowest BCUT2D eigenvalue weighted by Crippen LogP contribution is -2.31. The molecule has 0 spiro atoms. The van der Waals surface area contributed by atoms with Gasteiger partial charge in [0.15, 0.2) is 5.69 Å². The van der Waals surface area contributed by atoms with Crippen molar-refractivity contribution in [3.63, 3.8) is 0 Å². The molecule has 0 aliphatic carbocycles. The van der Waals surface area contributed by atoms with Crippen LogP contribution in [0.4, 0.5) is 0 Å². The van der Waals surface area contributed by atoms with E-state index >= 15 is 0 Å². The Morgan fingerprint density at radius 2 is 1.32 bits per heavy atom. The second kappa shape index (κ2) is 23.9. The average molecular weight is 778 g/mol. The number of nitrogens with zero attached hydrogens (tertiary/aromatic N) is 5. The third kappa shape index (κ3) is 13.2. The second-order valence-corrected chi connectivity index (χ2v) is 14.0. The topological polar surface area (TPSA) is 120 Å². The molecule has 1 aromatic heterocycles. The Kier molecular flexibility index (Phi) is 18.7. The number of hydrogen-bond donors (Lipinski definition) is 2. The fraction of sp³-hybridized carbons (Fsp3) is 0.413. The Bertz CT molecular complexity index is 1890. The van der Waals surface area contributed by atoms with Crippen LogP contribution in [0, 0.1) is 0 Å². The van der Waals surface area contributed by atoms with Crippen LogP contribution in [0.2, 0.25) is 0 Å². The first-order valence-electron chi connectivity index (χ1n) is 20.3. The van der Waals surface area contributed by atoms with E-state index in [1.165, 1.54) is 7.11 Å². The molecule has 0 saturated carbocycles. The van der Waals surface area contributed by atoms with Crippen molar-refractivity contribution in [1.82, 2.24) is 30.1 Å². The summed E-state index contributed by atoms with van der Waals surface area (Å²) in [6, 6.07) is 32.1. The van der Waals surface area contributed by atoms with Crippen LogP contribution in [-0.4, -0.2) is 90.2 Å². The van der Waals surface area contributed by atoms with Crippen LogP contribution in [0.25, 0.3) is 16.9 Å². The zero-order valence-electron chi connectivity index (χ0n) is 35.0. The highest BCUT2D eigenvalue weighted by atomic mass is 16.5. The van der Waals surface area contributed by atoms with Gasteiger partial charge < -0.3 is 35.1 Å². The summed E-state index contributed by atoms with van der Waals surface area (Å²) in [6.07, 6.45) is 0. The van der Waals surface area contributed by atoms with E-state index in [0.717, 1.165) is 92.5 Å². The van der Waals surface area contributed by atoms with Gasteiger partial charge in [-0.15, -0.1) is 5.10 Å². The number of carbonyl (C=O) groups is 1. The standard InChI is InChI=1S/C40H47N5O4.C6H16N2/c1-6-44(7-2)23-22-41-26-30-18-20-33(21-19-30)39-38(40(46)47-5)42-43-45(39)35-24-34(29(3)4)36(48-27-31-14-10-8-11-15-31)25-37(35)49-28-32-16-12-9-13-17-32;1-3-8(4-2)6-5-7/h8-21,24-25,29,41H,6-7,22-23,26-28H2,1-5H3;3-7H2,1-2H3. The maximum Gasteiger partial charge on any atom is 0.360 e. The van der Waals surface area contributed by atoms with Crippen LogP contribution in [0.5, 0.6) is 11.5 Å². The van der Waals surface area contributed by atoms with Gasteiger partial charge in [-0.05, 0) is 60.4 Å². The first-order chi connectivity index (χ1) is 27.8. The van der Waals surface area contributed by atoms with E-state index in [0.29, 0.717) is 30.3 Å². The van der Waals surface area contributed by atoms with Crippen molar-refractivity contribution < 1.29 is 19.0 Å². The van der Waals surface area contributed by atoms with E-state index in [4.69, 9.17) is 19.9 Å². The van der Waals surface area contributed by atoms with Gasteiger partial charge in [-0.25, -0.2) is 9.48 Å². The lowest BCUT2D eigenvalue weighted by atomic mass is 10.00. The van der Waals surface area contributed by atoms with Gasteiger partial charge in [-0.1, -0.05) is 132 Å². The van der Waals surface area contributed by atoms with Crippen LogP contribution in [-0.2, 0) is 24.5 Å². The zero-order valence-corrected chi connectivity index (χ0v) is 35.0. The number of hydrogen-bond acceptors (Lipinski definition) is 10. The van der Waals surface area contributed by atoms with Gasteiger partial charge in [-0.2, -0.15) is 0 Å². The fourth-order valence-electron chi connectivity index (χ4n) is 6.35. The van der Waals surface area contributed by atoms with Crippen molar-refractivity contribution in [2.75, 3.05) is 59.5 Å². The molecule has 1 heterocycles. The zero-order chi connectivity index (χ0) is 41.0. The highest BCUT2D eigenvalue weighted by Gasteiger charge is 2.26. The summed E-state index contributed by atoms with van der Waals surface area (Å²) in [7, 11) is 1.35. The van der Waals surface area contributed by atoms with Gasteiger partial charge in [0.25, 0.3) is 0 Å². The fourth-order valence-corrected chi connectivity index (χ4v) is 6.35. The third-order valence-electron chi connectivity index (χ3n) is 9.86. The van der Waals surface area contributed by atoms with E-state index < -0.39 is 5.97 Å². The number of nitrogens with two attached hydrogens (primary N) is 1. The molecule has 306 valence electrons. The lowest BCUT2D eigenvalue weighted by molar-refractivity contribution is 0.0595. The Morgan fingerprint density at radius 1 is 0.754 bits per heavy atom. The number of ether oxygens (including phenoxy) is 3. The molecular weight excluding hydrogens is 715 g/mol. The Hall–Kier alpha value is -5.07. The summed E-state index contributed by atoms with van der Waals surface area (Å²) < 4.78 is 19.7. The molecule has 0 atom stereocenters. The van der Waals surface area contributed by atoms with E-state index in [9.17, 15) is 4.79 Å². The molecule has 0 saturated heterocycles. The molecule has 0 unspecified atom stereocenters. The molecule has 0 amide bonds. The summed E-state index contributed by atoms with van der Waals surface area (Å²) >= 11 is 0. The molecule has 0 bridgehead atoms. The SMILES string of the molecule is CCN(CC)CCN.CCN(CC)CCNCc1ccc(-c2c(C(=O)OC)nnn2-c2cc(C(C)C)c(OCc3ccccc3)cc2OCc2ccccc2)cc1. The summed E-state index contributed by atoms with van der Waals surface area (Å²) in [5.74, 6) is 0.821. The molecule has 11 nitrogen and oxygen atoms in total. The number of methoxy groups -OCH3 is 1. The van der Waals surface area contributed by atoms with E-state index in [-0.39, 0.29) is 11.6 Å². The summed E-state index contributed by atoms with van der Waals surface area (Å²) in [6.45, 7) is 22.4. The first-order valence-corrected chi connectivity index (χ1v) is 20.3. The first kappa shape index (κ1) is 44.6. The van der Waals surface area contributed by atoms with E-state index in [1.807, 2.05) is 84.9 Å². The summed E-state index contributed by atoms with van der Waals surface area (Å²) in [5.41, 5.74) is 11.6. The van der Waals surface area contributed by atoms with Gasteiger partial charge in [-0.3, -0.25) is 0 Å². The molecule has 57 heavy (non-hydrogen) atoms. The minimum atomic E-state index is -0.568.